The lowest BCUT2D eigenvalue weighted by Crippen LogP contribution is -2.11. The molecule has 2 aromatic rings. The van der Waals surface area contributed by atoms with Crippen molar-refractivity contribution in [1.29, 1.82) is 0 Å². The zero-order chi connectivity index (χ0) is 14.8. The predicted octanol–water partition coefficient (Wildman–Crippen LogP) is 2.62. The summed E-state index contributed by atoms with van der Waals surface area (Å²) in [5.74, 6) is 1.93. The Bertz CT molecular complexity index is 646. The highest BCUT2D eigenvalue weighted by molar-refractivity contribution is 5.38. The van der Waals surface area contributed by atoms with Crippen molar-refractivity contribution in [3.63, 3.8) is 0 Å². The summed E-state index contributed by atoms with van der Waals surface area (Å²) >= 11 is 0. The highest BCUT2D eigenvalue weighted by Crippen LogP contribution is 2.26. The lowest BCUT2D eigenvalue weighted by Gasteiger charge is -2.17. The molecule has 1 N–H and O–H groups in total. The van der Waals surface area contributed by atoms with Gasteiger partial charge in [-0.15, -0.1) is 0 Å². The minimum Gasteiger partial charge on any atom is -0.496 e. The maximum absolute atomic E-state index is 9.34. The number of hydrogen-bond donors (Lipinski definition) is 1. The molecule has 1 aromatic heterocycles. The molecule has 0 saturated carbocycles. The Morgan fingerprint density at radius 3 is 2.86 bits per heavy atom. The molecular weight excluding hydrogens is 264 g/mol. The van der Waals surface area contributed by atoms with Crippen LogP contribution in [0.3, 0.4) is 0 Å². The Morgan fingerprint density at radius 1 is 1.29 bits per heavy atom. The van der Waals surface area contributed by atoms with Crippen LogP contribution in [-0.2, 0) is 26.0 Å². The summed E-state index contributed by atoms with van der Waals surface area (Å²) in [6, 6.07) is 5.85. The molecule has 1 aliphatic rings. The van der Waals surface area contributed by atoms with Crippen LogP contribution in [0.25, 0.3) is 0 Å². The van der Waals surface area contributed by atoms with Crippen molar-refractivity contribution in [2.45, 2.75) is 45.8 Å². The number of methoxy groups -OCH3 is 1. The second kappa shape index (κ2) is 5.90. The van der Waals surface area contributed by atoms with Gasteiger partial charge in [-0.25, -0.2) is 4.98 Å². The lowest BCUT2D eigenvalue weighted by molar-refractivity contribution is 0.281. The largest absolute Gasteiger partial charge is 0.496 e. The van der Waals surface area contributed by atoms with Crippen molar-refractivity contribution in [3.8, 4) is 5.75 Å². The number of hydrogen-bond acceptors (Lipinski definition) is 3. The highest BCUT2D eigenvalue weighted by Gasteiger charge is 2.19. The Balaban J connectivity index is 1.98. The average Bonchev–Trinajstić information content (AvgIpc) is 2.83. The summed E-state index contributed by atoms with van der Waals surface area (Å²) in [6.07, 6.45) is 4.69. The number of rotatable bonds is 4. The molecule has 0 atom stereocenters. The van der Waals surface area contributed by atoms with Gasteiger partial charge in [0.2, 0.25) is 0 Å². The molecule has 3 rings (SSSR count). The van der Waals surface area contributed by atoms with E-state index in [0.717, 1.165) is 42.1 Å². The number of aryl methyl sites for hydroxylation is 2. The molecule has 0 bridgehead atoms. The third kappa shape index (κ3) is 2.68. The van der Waals surface area contributed by atoms with Gasteiger partial charge in [-0.3, -0.25) is 0 Å². The Labute approximate surface area is 125 Å². The SMILES string of the molecule is COc1ccc(CO)cc1Cn1c(C)nc2c1CCCC2. The van der Waals surface area contributed by atoms with Crippen LogP contribution in [0, 0.1) is 6.92 Å². The molecule has 0 saturated heterocycles. The second-order valence-corrected chi connectivity index (χ2v) is 5.65. The molecule has 0 amide bonds. The van der Waals surface area contributed by atoms with Gasteiger partial charge < -0.3 is 14.4 Å². The predicted molar refractivity (Wildman–Crippen MR) is 81.6 cm³/mol. The standard InChI is InChI=1S/C17H22N2O2/c1-12-18-15-5-3-4-6-16(15)19(12)10-14-9-13(11-20)7-8-17(14)21-2/h7-9,20H,3-6,10-11H2,1-2H3. The Kier molecular flexibility index (Phi) is 3.97. The molecule has 0 aliphatic heterocycles. The molecule has 4 nitrogen and oxygen atoms in total. The molecule has 0 fully saturated rings. The Morgan fingerprint density at radius 2 is 2.10 bits per heavy atom. The maximum Gasteiger partial charge on any atom is 0.123 e. The van der Waals surface area contributed by atoms with Crippen molar-refractivity contribution >= 4 is 0 Å². The highest BCUT2D eigenvalue weighted by atomic mass is 16.5. The zero-order valence-corrected chi connectivity index (χ0v) is 12.7. The van der Waals surface area contributed by atoms with Crippen molar-refractivity contribution in [2.24, 2.45) is 0 Å². The second-order valence-electron chi connectivity index (χ2n) is 5.65. The third-order valence-electron chi connectivity index (χ3n) is 4.28. The summed E-state index contributed by atoms with van der Waals surface area (Å²) in [5, 5.41) is 9.34. The fraction of sp³-hybridized carbons (Fsp3) is 0.471. The minimum atomic E-state index is 0.0536. The molecule has 1 heterocycles. The van der Waals surface area contributed by atoms with Crippen molar-refractivity contribution in [1.82, 2.24) is 9.55 Å². The number of nitrogens with zero attached hydrogens (tertiary/aromatic N) is 2. The summed E-state index contributed by atoms with van der Waals surface area (Å²) in [7, 11) is 1.69. The molecule has 0 radical (unpaired) electrons. The van der Waals surface area contributed by atoms with Gasteiger partial charge in [-0.05, 0) is 50.3 Å². The summed E-state index contributed by atoms with van der Waals surface area (Å²) < 4.78 is 7.76. The van der Waals surface area contributed by atoms with E-state index in [9.17, 15) is 5.11 Å². The van der Waals surface area contributed by atoms with E-state index in [0.29, 0.717) is 0 Å². The van der Waals surface area contributed by atoms with E-state index in [1.165, 1.54) is 24.2 Å². The summed E-state index contributed by atoms with van der Waals surface area (Å²) in [5.41, 5.74) is 4.64. The van der Waals surface area contributed by atoms with Crippen LogP contribution in [0.1, 0.15) is 41.2 Å². The van der Waals surface area contributed by atoms with E-state index in [1.54, 1.807) is 7.11 Å². The first-order valence-corrected chi connectivity index (χ1v) is 7.54. The summed E-state index contributed by atoms with van der Waals surface area (Å²) in [4.78, 5) is 4.72. The smallest absolute Gasteiger partial charge is 0.123 e. The molecule has 112 valence electrons. The number of aliphatic hydroxyl groups excluding tert-OH is 1. The van der Waals surface area contributed by atoms with Gasteiger partial charge >= 0.3 is 0 Å². The third-order valence-corrected chi connectivity index (χ3v) is 4.28. The van der Waals surface area contributed by atoms with Crippen LogP contribution >= 0.6 is 0 Å². The lowest BCUT2D eigenvalue weighted by atomic mass is 10.0. The van der Waals surface area contributed by atoms with Crippen molar-refractivity contribution < 1.29 is 9.84 Å². The molecule has 1 aromatic carbocycles. The van der Waals surface area contributed by atoms with Gasteiger partial charge in [0.05, 0.1) is 26.0 Å². The van der Waals surface area contributed by atoms with Gasteiger partial charge in [0.15, 0.2) is 0 Å². The van der Waals surface area contributed by atoms with E-state index in [-0.39, 0.29) is 6.61 Å². The van der Waals surface area contributed by atoms with Crippen LogP contribution in [0.4, 0.5) is 0 Å². The van der Waals surface area contributed by atoms with Crippen LogP contribution < -0.4 is 4.74 Å². The molecule has 21 heavy (non-hydrogen) atoms. The fourth-order valence-electron chi connectivity index (χ4n) is 3.17. The van der Waals surface area contributed by atoms with Crippen molar-refractivity contribution in [3.05, 3.63) is 46.5 Å². The first-order valence-electron chi connectivity index (χ1n) is 7.54. The molecule has 4 heteroatoms. The monoisotopic (exact) mass is 286 g/mol. The van der Waals surface area contributed by atoms with E-state index in [4.69, 9.17) is 9.72 Å². The first kappa shape index (κ1) is 14.1. The summed E-state index contributed by atoms with van der Waals surface area (Å²) in [6.45, 7) is 2.88. The number of imidazole rings is 1. The van der Waals surface area contributed by atoms with Crippen LogP contribution in [-0.4, -0.2) is 21.8 Å². The van der Waals surface area contributed by atoms with E-state index in [2.05, 4.69) is 11.5 Å². The van der Waals surface area contributed by atoms with Crippen LogP contribution in [0.5, 0.6) is 5.75 Å². The molecule has 0 spiro atoms. The minimum absolute atomic E-state index is 0.0536. The van der Waals surface area contributed by atoms with Crippen LogP contribution in [0.2, 0.25) is 0 Å². The quantitative estimate of drug-likeness (QED) is 0.940. The van der Waals surface area contributed by atoms with Crippen LogP contribution in [0.15, 0.2) is 18.2 Å². The molecular formula is C17H22N2O2. The first-order chi connectivity index (χ1) is 10.2. The number of aliphatic hydroxyl groups is 1. The average molecular weight is 286 g/mol. The topological polar surface area (TPSA) is 47.3 Å². The van der Waals surface area contributed by atoms with Gasteiger partial charge in [0.1, 0.15) is 11.6 Å². The van der Waals surface area contributed by atoms with Gasteiger partial charge in [-0.2, -0.15) is 0 Å². The number of ether oxygens (including phenoxy) is 1. The van der Waals surface area contributed by atoms with Gasteiger partial charge in [-0.1, -0.05) is 6.07 Å². The van der Waals surface area contributed by atoms with Gasteiger partial charge in [0.25, 0.3) is 0 Å². The molecule has 1 aliphatic carbocycles. The maximum atomic E-state index is 9.34. The fourth-order valence-corrected chi connectivity index (χ4v) is 3.17. The number of fused-ring (bicyclic) bond motifs is 1. The number of aromatic nitrogens is 2. The normalized spacial score (nSPS) is 14.0. The van der Waals surface area contributed by atoms with E-state index >= 15 is 0 Å². The van der Waals surface area contributed by atoms with Crippen molar-refractivity contribution in [2.75, 3.05) is 7.11 Å². The van der Waals surface area contributed by atoms with E-state index < -0.39 is 0 Å². The zero-order valence-electron chi connectivity index (χ0n) is 12.7. The molecule has 0 unspecified atom stereocenters. The van der Waals surface area contributed by atoms with E-state index in [1.807, 2.05) is 18.2 Å². The Hall–Kier alpha value is -1.81. The van der Waals surface area contributed by atoms with Gasteiger partial charge in [0, 0.05) is 11.3 Å². The number of benzene rings is 1.